The molecule has 0 nitrogen and oxygen atoms in total. The molecule has 0 N–H and O–H groups in total. The molecule has 0 heterocycles. The van der Waals surface area contributed by atoms with E-state index in [9.17, 15) is 0 Å². The van der Waals surface area contributed by atoms with E-state index in [4.69, 9.17) is 0 Å². The van der Waals surface area contributed by atoms with Crippen molar-refractivity contribution < 1.29 is 14.1 Å². The fourth-order valence-corrected chi connectivity index (χ4v) is 0. The van der Waals surface area contributed by atoms with Crippen LogP contribution in [0.15, 0.2) is 0 Å². The Bertz CT molecular complexity index is 6.85. The standard InChI is InChI=1S/B.ClH.3FH/h;4*1H. The Hall–Kier alpha value is 0.145. The fraction of sp³-hybridized carbons (Fsp3) is 0. The van der Waals surface area contributed by atoms with Gasteiger partial charge in [-0.2, -0.15) is 0 Å². The number of hydrogen-bond donors (Lipinski definition) is 0. The minimum atomic E-state index is 0. The summed E-state index contributed by atoms with van der Waals surface area (Å²) in [6.45, 7) is 0. The second kappa shape index (κ2) is 1950. The Morgan fingerprint density at radius 3 is 0.600 bits per heavy atom. The SMILES string of the molecule is Cl.F.F.F.[B]. The zero-order chi connectivity index (χ0) is 0. The van der Waals surface area contributed by atoms with Crippen LogP contribution in [-0.2, 0) is 0 Å². The first-order valence-corrected chi connectivity index (χ1v) is 0. The molecule has 0 rings (SSSR count). The first kappa shape index (κ1) is 4210. The smallest absolute Gasteiger partial charge is 0 e. The van der Waals surface area contributed by atoms with E-state index in [1.165, 1.54) is 0 Å². The van der Waals surface area contributed by atoms with Gasteiger partial charge in [-0.25, -0.2) is 0 Å². The molecule has 0 saturated heterocycles. The van der Waals surface area contributed by atoms with Crippen molar-refractivity contribution in [3.63, 3.8) is 0 Å². The van der Waals surface area contributed by atoms with Gasteiger partial charge in [0.1, 0.15) is 0 Å². The van der Waals surface area contributed by atoms with Crippen molar-refractivity contribution in [1.29, 1.82) is 0 Å². The summed E-state index contributed by atoms with van der Waals surface area (Å²) >= 11 is 0. The molecule has 3 radical (unpaired) electrons. The minimum Gasteiger partial charge on any atom is -0.269 e. The molecule has 0 amide bonds. The van der Waals surface area contributed by atoms with Crippen LogP contribution in [-0.4, -0.2) is 8.41 Å². The van der Waals surface area contributed by atoms with E-state index in [0.717, 1.165) is 0 Å². The summed E-state index contributed by atoms with van der Waals surface area (Å²) in [4.78, 5) is 0. The third-order valence-electron chi connectivity index (χ3n) is 0. The third kappa shape index (κ3) is 908. The summed E-state index contributed by atoms with van der Waals surface area (Å²) in [6.07, 6.45) is 0. The number of hydrogen-bond acceptors (Lipinski definition) is 0. The van der Waals surface area contributed by atoms with E-state index >= 15 is 0 Å². The maximum Gasteiger partial charge on any atom is 0 e. The Morgan fingerprint density at radius 2 is 0.600 bits per heavy atom. The van der Waals surface area contributed by atoms with Gasteiger partial charge in [0.05, 0.1) is 0 Å². The maximum atomic E-state index is 0. The Labute approximate surface area is 36.0 Å². The van der Waals surface area contributed by atoms with Crippen LogP contribution in [0.3, 0.4) is 0 Å². The van der Waals surface area contributed by atoms with Crippen molar-refractivity contribution in [2.24, 2.45) is 0 Å². The maximum absolute atomic E-state index is 0. The van der Waals surface area contributed by atoms with Gasteiger partial charge in [0.15, 0.2) is 0 Å². The van der Waals surface area contributed by atoms with Crippen molar-refractivity contribution in [3.05, 3.63) is 0 Å². The molecular weight excluding hydrogens is 103 g/mol. The normalized spacial score (nSPS) is 0. The van der Waals surface area contributed by atoms with Crippen LogP contribution >= 0.6 is 12.4 Å². The highest BCUT2D eigenvalue weighted by atomic mass is 35.5. The van der Waals surface area contributed by atoms with Crippen LogP contribution in [0.5, 0.6) is 0 Å². The number of rotatable bonds is 0. The van der Waals surface area contributed by atoms with Gasteiger partial charge in [-0.15, -0.1) is 12.4 Å². The van der Waals surface area contributed by atoms with Crippen molar-refractivity contribution in [2.75, 3.05) is 0 Å². The first-order valence-electron chi connectivity index (χ1n) is 0. The third-order valence-corrected chi connectivity index (χ3v) is 0. The molecule has 0 bridgehead atoms. The second-order valence-corrected chi connectivity index (χ2v) is 0. The molecule has 0 aromatic carbocycles. The van der Waals surface area contributed by atoms with E-state index in [1.54, 1.807) is 0 Å². The molecule has 35 valence electrons. The average molecular weight is 107 g/mol. The predicted octanol–water partition coefficient (Wildman–Crippen LogP) is 0.498. The summed E-state index contributed by atoms with van der Waals surface area (Å²) in [5.74, 6) is 0. The molecule has 0 spiro atoms. The molecule has 5 heteroatoms. The van der Waals surface area contributed by atoms with Crippen LogP contribution < -0.4 is 0 Å². The van der Waals surface area contributed by atoms with Crippen LogP contribution in [0.2, 0.25) is 0 Å². The fourth-order valence-electron chi connectivity index (χ4n) is 0. The molecule has 0 aliphatic carbocycles. The van der Waals surface area contributed by atoms with Gasteiger partial charge < -0.3 is 0 Å². The number of halogens is 4. The molecule has 0 saturated carbocycles. The van der Waals surface area contributed by atoms with Gasteiger partial charge in [-0.05, 0) is 0 Å². The molecule has 0 atom stereocenters. The Morgan fingerprint density at radius 1 is 0.600 bits per heavy atom. The highest BCUT2D eigenvalue weighted by Crippen LogP contribution is 0.690. The molecule has 0 aromatic rings. The minimum absolute atomic E-state index is 0. The largest absolute Gasteiger partial charge is 0.269 e. The zero-order valence-electron chi connectivity index (χ0n) is 2.21. The van der Waals surface area contributed by atoms with Gasteiger partial charge in [0, 0.05) is 8.41 Å². The van der Waals surface area contributed by atoms with E-state index in [-0.39, 0.29) is 34.9 Å². The summed E-state index contributed by atoms with van der Waals surface area (Å²) in [7, 11) is 0. The lowest BCUT2D eigenvalue weighted by atomic mass is 10.8. The predicted molar refractivity (Wildman–Crippen MR) is 20.5 cm³/mol. The summed E-state index contributed by atoms with van der Waals surface area (Å²) in [6, 6.07) is 0. The van der Waals surface area contributed by atoms with Crippen molar-refractivity contribution in [3.8, 4) is 0 Å². The molecule has 0 aromatic heterocycles. The van der Waals surface area contributed by atoms with E-state index < -0.39 is 0 Å². The molecule has 0 aliphatic rings. The lowest BCUT2D eigenvalue weighted by Crippen LogP contribution is -0.381. The van der Waals surface area contributed by atoms with Gasteiger partial charge in [0.2, 0.25) is 0 Å². The van der Waals surface area contributed by atoms with Crippen LogP contribution in [0.4, 0.5) is 14.1 Å². The summed E-state index contributed by atoms with van der Waals surface area (Å²) in [5, 5.41) is 0. The second-order valence-electron chi connectivity index (χ2n) is 0. The van der Waals surface area contributed by atoms with Crippen LogP contribution in [0, 0.1) is 0 Å². The monoisotopic (exact) mass is 107 g/mol. The molecule has 0 fully saturated rings. The zero-order valence-corrected chi connectivity index (χ0v) is 3.03. The van der Waals surface area contributed by atoms with Gasteiger partial charge in [-0.3, -0.25) is 14.1 Å². The summed E-state index contributed by atoms with van der Waals surface area (Å²) < 4.78 is 0. The molecule has 0 aliphatic heterocycles. The lowest BCUT2D eigenvalue weighted by molar-refractivity contribution is 1.11. The van der Waals surface area contributed by atoms with Gasteiger partial charge in [0.25, 0.3) is 0 Å². The quantitative estimate of drug-likeness (QED) is 0.395. The topological polar surface area (TPSA) is 0 Å². The van der Waals surface area contributed by atoms with Crippen molar-refractivity contribution in [2.45, 2.75) is 0 Å². The van der Waals surface area contributed by atoms with E-state index in [1.807, 2.05) is 0 Å². The van der Waals surface area contributed by atoms with Crippen LogP contribution in [0.25, 0.3) is 0 Å². The van der Waals surface area contributed by atoms with Gasteiger partial charge in [-0.1, -0.05) is 0 Å². The van der Waals surface area contributed by atoms with E-state index in [2.05, 4.69) is 0 Å². The first-order chi connectivity index (χ1) is 0. The van der Waals surface area contributed by atoms with Crippen LogP contribution in [0.1, 0.15) is 0 Å². The average Bonchev–Trinajstić information content (AvgIpc) is 0. The lowest BCUT2D eigenvalue weighted by Gasteiger charge is -0.270. The van der Waals surface area contributed by atoms with Gasteiger partial charge >= 0.3 is 0 Å². The van der Waals surface area contributed by atoms with E-state index in [0.29, 0.717) is 0 Å². The molecule has 0 unspecified atom stereocenters. The highest BCUT2D eigenvalue weighted by Gasteiger charge is 0.0000182. The van der Waals surface area contributed by atoms with Crippen molar-refractivity contribution in [1.82, 2.24) is 0 Å². The highest BCUT2D eigenvalue weighted by molar-refractivity contribution is 5.85. The Kier molecular flexibility index (Phi) is 1640000. The molecular formula is H4BClF3. The Balaban J connectivity index is 0. The van der Waals surface area contributed by atoms with Crippen molar-refractivity contribution >= 4 is 20.8 Å². The molecule has 5 heavy (non-hydrogen) atoms. The summed E-state index contributed by atoms with van der Waals surface area (Å²) in [5.41, 5.74) is 0.